The molecule has 4 N–H and O–H groups in total. The maximum atomic E-state index is 12.5. The Hall–Kier alpha value is -2.88. The molecule has 1 aromatic heterocycles. The second kappa shape index (κ2) is 10.1. The van der Waals surface area contributed by atoms with Crippen molar-refractivity contribution < 1.29 is 18.0 Å². The first-order valence-electron chi connectivity index (χ1n) is 9.32. The molecule has 0 saturated heterocycles. The van der Waals surface area contributed by atoms with Crippen molar-refractivity contribution in [3.05, 3.63) is 48.0 Å². The number of benzene rings is 1. The van der Waals surface area contributed by atoms with Crippen molar-refractivity contribution in [2.75, 3.05) is 6.54 Å². The summed E-state index contributed by atoms with van der Waals surface area (Å²) in [5, 5.41) is 5.22. The van der Waals surface area contributed by atoms with E-state index in [1.54, 1.807) is 24.7 Å². The summed E-state index contributed by atoms with van der Waals surface area (Å²) in [6.07, 6.45) is 4.15. The lowest BCUT2D eigenvalue weighted by molar-refractivity contribution is -0.123. The van der Waals surface area contributed by atoms with E-state index in [1.807, 2.05) is 25.5 Å². The van der Waals surface area contributed by atoms with Crippen molar-refractivity contribution in [3.8, 4) is 0 Å². The molecule has 158 valence electrons. The molecule has 1 aromatic carbocycles. The monoisotopic (exact) mass is 421 g/mol. The number of urea groups is 1. The molecule has 2 rings (SSSR count). The number of aromatic nitrogens is 2. The van der Waals surface area contributed by atoms with Gasteiger partial charge in [0.2, 0.25) is 5.91 Å². The first kappa shape index (κ1) is 22.4. The number of rotatable bonds is 9. The molecule has 0 aliphatic rings. The standard InChI is InChI=1S/C19H27N5O4S/c1-13(2)10-17(18(25)21-9-8-15-11-20-12-22-15)23-19(26)24-29(27,28)16-6-4-14(3)5-7-16/h4-7,11-13,17H,8-10H2,1-3H3,(H,20,22)(H,21,25)(H2,23,24,26)/t17-/m0/s1. The molecule has 0 fully saturated rings. The quantitative estimate of drug-likeness (QED) is 0.487. The minimum Gasteiger partial charge on any atom is -0.354 e. The molecule has 0 saturated carbocycles. The van der Waals surface area contributed by atoms with Gasteiger partial charge in [-0.1, -0.05) is 31.5 Å². The van der Waals surface area contributed by atoms with Crippen molar-refractivity contribution in [2.24, 2.45) is 5.92 Å². The predicted octanol–water partition coefficient (Wildman–Crippen LogP) is 1.48. The van der Waals surface area contributed by atoms with Crippen LogP contribution in [0.15, 0.2) is 41.7 Å². The zero-order valence-electron chi connectivity index (χ0n) is 16.7. The minimum atomic E-state index is -4.03. The van der Waals surface area contributed by atoms with Crippen LogP contribution in [-0.2, 0) is 21.2 Å². The van der Waals surface area contributed by atoms with Gasteiger partial charge in [0.25, 0.3) is 10.0 Å². The SMILES string of the molecule is Cc1ccc(S(=O)(=O)NC(=O)N[C@@H](CC(C)C)C(=O)NCCc2cnc[nH]2)cc1. The van der Waals surface area contributed by atoms with Crippen LogP contribution >= 0.6 is 0 Å². The van der Waals surface area contributed by atoms with E-state index in [1.165, 1.54) is 12.1 Å². The van der Waals surface area contributed by atoms with E-state index in [-0.39, 0.29) is 16.7 Å². The van der Waals surface area contributed by atoms with E-state index >= 15 is 0 Å². The molecule has 1 atom stereocenters. The normalized spacial score (nSPS) is 12.4. The van der Waals surface area contributed by atoms with Gasteiger partial charge in [0.15, 0.2) is 0 Å². The maximum absolute atomic E-state index is 12.5. The Morgan fingerprint density at radius 2 is 1.86 bits per heavy atom. The van der Waals surface area contributed by atoms with E-state index in [4.69, 9.17) is 0 Å². The van der Waals surface area contributed by atoms with Crippen molar-refractivity contribution in [1.82, 2.24) is 25.3 Å². The van der Waals surface area contributed by atoms with Gasteiger partial charge < -0.3 is 15.6 Å². The lowest BCUT2D eigenvalue weighted by Crippen LogP contribution is -2.51. The Kier molecular flexibility index (Phi) is 7.77. The highest BCUT2D eigenvalue weighted by Gasteiger charge is 2.24. The Balaban J connectivity index is 1.95. The van der Waals surface area contributed by atoms with Crippen molar-refractivity contribution in [3.63, 3.8) is 0 Å². The largest absolute Gasteiger partial charge is 0.354 e. The van der Waals surface area contributed by atoms with Crippen molar-refractivity contribution in [1.29, 1.82) is 0 Å². The number of nitrogens with one attached hydrogen (secondary N) is 4. The van der Waals surface area contributed by atoms with Crippen LogP contribution in [0.1, 0.15) is 31.5 Å². The van der Waals surface area contributed by atoms with Gasteiger partial charge in [0.1, 0.15) is 6.04 Å². The van der Waals surface area contributed by atoms with Gasteiger partial charge >= 0.3 is 6.03 Å². The Labute approximate surface area is 170 Å². The first-order chi connectivity index (χ1) is 13.7. The van der Waals surface area contributed by atoms with Crippen molar-refractivity contribution in [2.45, 2.75) is 44.6 Å². The third-order valence-electron chi connectivity index (χ3n) is 4.14. The first-order valence-corrected chi connectivity index (χ1v) is 10.8. The summed E-state index contributed by atoms with van der Waals surface area (Å²) in [7, 11) is -4.03. The molecule has 9 nitrogen and oxygen atoms in total. The number of imidazole rings is 1. The second-order valence-corrected chi connectivity index (χ2v) is 8.87. The Morgan fingerprint density at radius 3 is 2.45 bits per heavy atom. The highest BCUT2D eigenvalue weighted by atomic mass is 32.2. The Morgan fingerprint density at radius 1 is 1.17 bits per heavy atom. The zero-order chi connectivity index (χ0) is 21.4. The number of amides is 3. The smallest absolute Gasteiger partial charge is 0.329 e. The summed E-state index contributed by atoms with van der Waals surface area (Å²) in [4.78, 5) is 31.6. The number of carbonyl (C=O) groups excluding carboxylic acids is 2. The summed E-state index contributed by atoms with van der Waals surface area (Å²) in [6, 6.07) is 4.31. The number of sulfonamides is 1. The van der Waals surface area contributed by atoms with E-state index in [0.29, 0.717) is 19.4 Å². The van der Waals surface area contributed by atoms with Gasteiger partial charge in [-0.2, -0.15) is 0 Å². The zero-order valence-corrected chi connectivity index (χ0v) is 17.5. The number of hydrogen-bond donors (Lipinski definition) is 4. The number of hydrogen-bond acceptors (Lipinski definition) is 5. The van der Waals surface area contributed by atoms with Gasteiger partial charge in [-0.15, -0.1) is 0 Å². The van der Waals surface area contributed by atoms with Gasteiger partial charge in [0.05, 0.1) is 11.2 Å². The van der Waals surface area contributed by atoms with Crippen LogP contribution in [-0.4, -0.2) is 42.9 Å². The lowest BCUT2D eigenvalue weighted by Gasteiger charge is -2.20. The molecule has 1 heterocycles. The van der Waals surface area contributed by atoms with E-state index in [2.05, 4.69) is 20.6 Å². The molecular formula is C19H27N5O4S. The van der Waals surface area contributed by atoms with Crippen molar-refractivity contribution >= 4 is 22.0 Å². The number of aryl methyl sites for hydroxylation is 1. The summed E-state index contributed by atoms with van der Waals surface area (Å²) in [5.74, 6) is -0.256. The predicted molar refractivity (Wildman–Crippen MR) is 109 cm³/mol. The van der Waals surface area contributed by atoms with Crippen LogP contribution in [0.3, 0.4) is 0 Å². The maximum Gasteiger partial charge on any atom is 0.329 e. The topological polar surface area (TPSA) is 133 Å². The van der Waals surface area contributed by atoms with Gasteiger partial charge in [-0.25, -0.2) is 22.9 Å². The van der Waals surface area contributed by atoms with Crippen LogP contribution in [0.4, 0.5) is 4.79 Å². The van der Waals surface area contributed by atoms with Crippen LogP contribution in [0.2, 0.25) is 0 Å². The molecule has 0 unspecified atom stereocenters. The average molecular weight is 422 g/mol. The average Bonchev–Trinajstić information content (AvgIpc) is 3.14. The molecule has 10 heteroatoms. The van der Waals surface area contributed by atoms with Gasteiger partial charge in [-0.05, 0) is 31.4 Å². The summed E-state index contributed by atoms with van der Waals surface area (Å²) >= 11 is 0. The Bertz CT molecular complexity index is 909. The van der Waals surface area contributed by atoms with E-state index < -0.39 is 22.1 Å². The van der Waals surface area contributed by atoms with Crippen LogP contribution in [0, 0.1) is 12.8 Å². The number of aromatic amines is 1. The summed E-state index contributed by atoms with van der Waals surface area (Å²) in [5.41, 5.74) is 1.78. The van der Waals surface area contributed by atoms with Gasteiger partial charge in [0, 0.05) is 24.9 Å². The third-order valence-corrected chi connectivity index (χ3v) is 5.48. The number of carbonyl (C=O) groups is 2. The molecule has 0 bridgehead atoms. The highest BCUT2D eigenvalue weighted by Crippen LogP contribution is 2.10. The van der Waals surface area contributed by atoms with Gasteiger partial charge in [-0.3, -0.25) is 4.79 Å². The molecule has 29 heavy (non-hydrogen) atoms. The molecule has 0 aliphatic carbocycles. The molecule has 0 radical (unpaired) electrons. The molecule has 3 amide bonds. The molecule has 2 aromatic rings. The fourth-order valence-corrected chi connectivity index (χ4v) is 3.57. The number of nitrogens with zero attached hydrogens (tertiary/aromatic N) is 1. The summed E-state index contributed by atoms with van der Waals surface area (Å²) in [6.45, 7) is 6.01. The minimum absolute atomic E-state index is 0.0253. The second-order valence-electron chi connectivity index (χ2n) is 7.19. The molecular weight excluding hydrogens is 394 g/mol. The fourth-order valence-electron chi connectivity index (χ4n) is 2.65. The van der Waals surface area contributed by atoms with E-state index in [9.17, 15) is 18.0 Å². The fraction of sp³-hybridized carbons (Fsp3) is 0.421. The summed E-state index contributed by atoms with van der Waals surface area (Å²) < 4.78 is 26.7. The molecule has 0 spiro atoms. The van der Waals surface area contributed by atoms with Crippen LogP contribution in [0.25, 0.3) is 0 Å². The lowest BCUT2D eigenvalue weighted by atomic mass is 10.0. The number of H-pyrrole nitrogens is 1. The van der Waals surface area contributed by atoms with Crippen LogP contribution in [0.5, 0.6) is 0 Å². The molecule has 0 aliphatic heterocycles. The highest BCUT2D eigenvalue weighted by molar-refractivity contribution is 7.90. The van der Waals surface area contributed by atoms with E-state index in [0.717, 1.165) is 11.3 Å². The third kappa shape index (κ3) is 7.22. The van der Waals surface area contributed by atoms with Crippen LogP contribution < -0.4 is 15.4 Å².